The quantitative estimate of drug-likeness (QED) is 0.256. The Morgan fingerprint density at radius 2 is 0.700 bits per heavy atom. The molecule has 2 heterocycles. The molecule has 0 radical (unpaired) electrons. The molecular weight excluding hydrogens is 364 g/mol. The lowest BCUT2D eigenvalue weighted by Gasteiger charge is -2.15. The van der Waals surface area contributed by atoms with E-state index in [1.54, 1.807) is 0 Å². The maximum atomic E-state index is 4.87. The van der Waals surface area contributed by atoms with Gasteiger partial charge < -0.3 is 0 Å². The van der Waals surface area contributed by atoms with Gasteiger partial charge in [-0.25, -0.2) is 0 Å². The summed E-state index contributed by atoms with van der Waals surface area (Å²) in [4.78, 5) is 9.74. The number of aromatic nitrogens is 2. The van der Waals surface area contributed by atoms with Crippen molar-refractivity contribution in [3.63, 3.8) is 0 Å². The van der Waals surface area contributed by atoms with Crippen molar-refractivity contribution in [2.75, 3.05) is 0 Å². The van der Waals surface area contributed by atoms with E-state index in [-0.39, 0.29) is 0 Å². The highest BCUT2D eigenvalue weighted by Gasteiger charge is 2.16. The Morgan fingerprint density at radius 1 is 0.333 bits per heavy atom. The molecule has 7 rings (SSSR count). The normalized spacial score (nSPS) is 12.0. The van der Waals surface area contributed by atoms with E-state index in [2.05, 4.69) is 72.8 Å². The molecule has 0 aliphatic carbocycles. The molecule has 0 saturated heterocycles. The zero-order valence-corrected chi connectivity index (χ0v) is 16.1. The standard InChI is InChI=1S/C28H16N2/c1-3-9-19-17(7-1)21-13-14-22-18-8-2-4-10-20(18)24-12-6-16-30-28(24)26(22)25(21)27-23(19)11-5-15-29-27/h1-16H. The van der Waals surface area contributed by atoms with Crippen LogP contribution in [-0.4, -0.2) is 9.97 Å². The van der Waals surface area contributed by atoms with Gasteiger partial charge in [-0.1, -0.05) is 72.8 Å². The van der Waals surface area contributed by atoms with E-state index in [1.165, 1.54) is 53.9 Å². The summed E-state index contributed by atoms with van der Waals surface area (Å²) in [6.45, 7) is 0. The highest BCUT2D eigenvalue weighted by molar-refractivity contribution is 6.37. The summed E-state index contributed by atoms with van der Waals surface area (Å²) in [5, 5.41) is 12.2. The molecule has 2 heteroatoms. The van der Waals surface area contributed by atoms with E-state index in [0.29, 0.717) is 0 Å². The van der Waals surface area contributed by atoms with Crippen LogP contribution in [0.15, 0.2) is 97.3 Å². The molecule has 0 aliphatic heterocycles. The third kappa shape index (κ3) is 1.93. The van der Waals surface area contributed by atoms with Crippen LogP contribution in [-0.2, 0) is 0 Å². The van der Waals surface area contributed by atoms with Crippen molar-refractivity contribution >= 4 is 64.9 Å². The van der Waals surface area contributed by atoms with Crippen LogP contribution in [0.3, 0.4) is 0 Å². The second-order valence-corrected chi connectivity index (χ2v) is 7.80. The van der Waals surface area contributed by atoms with Crippen LogP contribution >= 0.6 is 0 Å². The third-order valence-electron chi connectivity index (χ3n) is 6.31. The zero-order chi connectivity index (χ0) is 19.7. The second-order valence-electron chi connectivity index (χ2n) is 7.80. The average molecular weight is 380 g/mol. The molecule has 0 bridgehead atoms. The number of nitrogens with zero attached hydrogens (tertiary/aromatic N) is 2. The Balaban J connectivity index is 1.93. The largest absolute Gasteiger partial charge is 0.256 e. The number of hydrogen-bond donors (Lipinski definition) is 0. The van der Waals surface area contributed by atoms with Crippen molar-refractivity contribution in [3.8, 4) is 0 Å². The van der Waals surface area contributed by atoms with E-state index in [4.69, 9.17) is 9.97 Å². The first-order valence-electron chi connectivity index (χ1n) is 10.2. The Hall–Kier alpha value is -4.04. The Labute approximate surface area is 172 Å². The van der Waals surface area contributed by atoms with E-state index >= 15 is 0 Å². The van der Waals surface area contributed by atoms with E-state index in [9.17, 15) is 0 Å². The first-order chi connectivity index (χ1) is 14.9. The van der Waals surface area contributed by atoms with Gasteiger partial charge in [0.15, 0.2) is 0 Å². The van der Waals surface area contributed by atoms with Crippen molar-refractivity contribution in [2.24, 2.45) is 0 Å². The van der Waals surface area contributed by atoms with Gasteiger partial charge in [-0.15, -0.1) is 0 Å². The fraction of sp³-hybridized carbons (Fsp3) is 0. The van der Waals surface area contributed by atoms with Gasteiger partial charge in [-0.3, -0.25) is 9.97 Å². The summed E-state index contributed by atoms with van der Waals surface area (Å²) in [5.41, 5.74) is 2.08. The van der Waals surface area contributed by atoms with Crippen LogP contribution < -0.4 is 0 Å². The summed E-state index contributed by atoms with van der Waals surface area (Å²) < 4.78 is 0. The molecule has 0 saturated carbocycles. The van der Waals surface area contributed by atoms with Gasteiger partial charge >= 0.3 is 0 Å². The minimum Gasteiger partial charge on any atom is -0.256 e. The molecule has 0 aliphatic rings. The summed E-state index contributed by atoms with van der Waals surface area (Å²) in [6.07, 6.45) is 3.79. The molecule has 138 valence electrons. The maximum absolute atomic E-state index is 4.87. The number of pyridine rings is 2. The summed E-state index contributed by atoms with van der Waals surface area (Å²) in [5.74, 6) is 0. The minimum atomic E-state index is 1.04. The van der Waals surface area contributed by atoms with E-state index in [0.717, 1.165) is 11.0 Å². The first kappa shape index (κ1) is 15.8. The molecular formula is C28H16N2. The number of rotatable bonds is 0. The van der Waals surface area contributed by atoms with Gasteiger partial charge in [0, 0.05) is 33.9 Å². The number of fused-ring (bicyclic) bond motifs is 13. The molecule has 0 unspecified atom stereocenters. The molecule has 0 atom stereocenters. The third-order valence-corrected chi connectivity index (χ3v) is 6.31. The number of benzene rings is 5. The van der Waals surface area contributed by atoms with Crippen LogP contribution in [0.25, 0.3) is 64.9 Å². The maximum Gasteiger partial charge on any atom is 0.0793 e. The van der Waals surface area contributed by atoms with Crippen LogP contribution in [0.4, 0.5) is 0 Å². The predicted octanol–water partition coefficient (Wildman–Crippen LogP) is 7.40. The zero-order valence-electron chi connectivity index (χ0n) is 16.1. The molecule has 0 N–H and O–H groups in total. The van der Waals surface area contributed by atoms with E-state index in [1.807, 2.05) is 24.5 Å². The SMILES string of the molecule is c1ccc2c(c1)c1cccnc1c1c2ccc2c3ccccc3c3cccnc3c21. The van der Waals surface area contributed by atoms with Crippen molar-refractivity contribution in [1.82, 2.24) is 9.97 Å². The van der Waals surface area contributed by atoms with Crippen LogP contribution in [0.1, 0.15) is 0 Å². The molecule has 30 heavy (non-hydrogen) atoms. The molecule has 2 nitrogen and oxygen atoms in total. The monoisotopic (exact) mass is 380 g/mol. The number of hydrogen-bond acceptors (Lipinski definition) is 2. The summed E-state index contributed by atoms with van der Waals surface area (Å²) in [6, 6.07) is 30.2. The summed E-state index contributed by atoms with van der Waals surface area (Å²) >= 11 is 0. The van der Waals surface area contributed by atoms with Gasteiger partial charge in [-0.05, 0) is 44.5 Å². The Morgan fingerprint density at radius 3 is 1.13 bits per heavy atom. The lowest BCUT2D eigenvalue weighted by Crippen LogP contribution is -1.90. The molecule has 2 aromatic heterocycles. The van der Waals surface area contributed by atoms with Gasteiger partial charge in [0.05, 0.1) is 11.0 Å². The average Bonchev–Trinajstić information content (AvgIpc) is 2.84. The van der Waals surface area contributed by atoms with Crippen molar-refractivity contribution in [1.29, 1.82) is 0 Å². The van der Waals surface area contributed by atoms with Crippen LogP contribution in [0.5, 0.6) is 0 Å². The molecule has 5 aromatic carbocycles. The highest BCUT2D eigenvalue weighted by atomic mass is 14.7. The fourth-order valence-electron chi connectivity index (χ4n) is 5.09. The van der Waals surface area contributed by atoms with Gasteiger partial charge in [0.2, 0.25) is 0 Å². The smallest absolute Gasteiger partial charge is 0.0793 e. The van der Waals surface area contributed by atoms with Gasteiger partial charge in [0.25, 0.3) is 0 Å². The predicted molar refractivity (Wildman–Crippen MR) is 127 cm³/mol. The van der Waals surface area contributed by atoms with E-state index < -0.39 is 0 Å². The molecule has 0 spiro atoms. The highest BCUT2D eigenvalue weighted by Crippen LogP contribution is 2.42. The van der Waals surface area contributed by atoms with Crippen molar-refractivity contribution < 1.29 is 0 Å². The fourth-order valence-corrected chi connectivity index (χ4v) is 5.09. The molecule has 0 amide bonds. The molecule has 7 aromatic rings. The minimum absolute atomic E-state index is 1.04. The van der Waals surface area contributed by atoms with Crippen molar-refractivity contribution in [3.05, 3.63) is 97.3 Å². The topological polar surface area (TPSA) is 25.8 Å². The molecule has 0 fully saturated rings. The Kier molecular flexibility index (Phi) is 3.03. The van der Waals surface area contributed by atoms with Crippen LogP contribution in [0.2, 0.25) is 0 Å². The first-order valence-corrected chi connectivity index (χ1v) is 10.2. The second kappa shape index (κ2) is 5.74. The Bertz CT molecular complexity index is 1590. The van der Waals surface area contributed by atoms with Gasteiger partial charge in [0.1, 0.15) is 0 Å². The lowest BCUT2D eigenvalue weighted by molar-refractivity contribution is 1.43. The van der Waals surface area contributed by atoms with Gasteiger partial charge in [-0.2, -0.15) is 0 Å². The summed E-state index contributed by atoms with van der Waals surface area (Å²) in [7, 11) is 0. The van der Waals surface area contributed by atoms with Crippen LogP contribution in [0, 0.1) is 0 Å². The lowest BCUT2D eigenvalue weighted by atomic mass is 9.90. The van der Waals surface area contributed by atoms with Crippen molar-refractivity contribution in [2.45, 2.75) is 0 Å².